The molecule has 10 nitrogen and oxygen atoms in total. The standard InChI is InChI=1S/C21H22N8O2/c1-3-19(30)26-16-6-4-5-15(9-16)12-29-21-18(11-25-29)20(22-14-23-21)27-17-10-24-28(13-17)7-8-31-2/h3-6,9-11,13-14H,1,7-8,12H2,2H3,(H,26,30)(H,22,23,27). The highest BCUT2D eigenvalue weighted by molar-refractivity contribution is 5.98. The Kier molecular flexibility index (Phi) is 5.99. The van der Waals surface area contributed by atoms with Crippen LogP contribution < -0.4 is 10.6 Å². The number of hydrogen-bond acceptors (Lipinski definition) is 7. The Morgan fingerprint density at radius 1 is 1.23 bits per heavy atom. The lowest BCUT2D eigenvalue weighted by Gasteiger charge is -2.07. The van der Waals surface area contributed by atoms with Gasteiger partial charge in [-0.05, 0) is 23.8 Å². The molecule has 4 rings (SSSR count). The third-order valence-corrected chi connectivity index (χ3v) is 4.57. The molecule has 0 spiro atoms. The first kappa shape index (κ1) is 20.2. The van der Waals surface area contributed by atoms with E-state index in [1.165, 1.54) is 12.4 Å². The Labute approximate surface area is 178 Å². The van der Waals surface area contributed by atoms with Crippen LogP contribution in [0.25, 0.3) is 11.0 Å². The van der Waals surface area contributed by atoms with Crippen LogP contribution in [0.5, 0.6) is 0 Å². The highest BCUT2D eigenvalue weighted by Crippen LogP contribution is 2.23. The Morgan fingerprint density at radius 3 is 2.97 bits per heavy atom. The van der Waals surface area contributed by atoms with Gasteiger partial charge in [-0.3, -0.25) is 9.48 Å². The minimum atomic E-state index is -0.254. The molecule has 0 bridgehead atoms. The normalized spacial score (nSPS) is 10.9. The maximum absolute atomic E-state index is 11.5. The van der Waals surface area contributed by atoms with Crippen LogP contribution >= 0.6 is 0 Å². The first-order chi connectivity index (χ1) is 15.2. The summed E-state index contributed by atoms with van der Waals surface area (Å²) in [6.45, 7) is 5.22. The predicted molar refractivity (Wildman–Crippen MR) is 117 cm³/mol. The molecule has 0 atom stereocenters. The monoisotopic (exact) mass is 418 g/mol. The Balaban J connectivity index is 1.54. The SMILES string of the molecule is C=CC(=O)Nc1cccc(Cn2ncc3c(Nc4cnn(CCOC)c4)ncnc32)c1. The second-order valence-electron chi connectivity index (χ2n) is 6.77. The number of nitrogens with zero attached hydrogens (tertiary/aromatic N) is 6. The molecule has 10 heteroatoms. The number of rotatable bonds is 9. The second-order valence-corrected chi connectivity index (χ2v) is 6.77. The number of hydrogen-bond donors (Lipinski definition) is 2. The lowest BCUT2D eigenvalue weighted by molar-refractivity contribution is -0.111. The molecule has 158 valence electrons. The summed E-state index contributed by atoms with van der Waals surface area (Å²) in [6.07, 6.45) is 8.09. The third-order valence-electron chi connectivity index (χ3n) is 4.57. The second kappa shape index (κ2) is 9.18. The Morgan fingerprint density at radius 2 is 2.13 bits per heavy atom. The fourth-order valence-corrected chi connectivity index (χ4v) is 3.09. The summed E-state index contributed by atoms with van der Waals surface area (Å²) in [5, 5.41) is 15.6. The van der Waals surface area contributed by atoms with Crippen LogP contribution in [-0.4, -0.2) is 49.2 Å². The van der Waals surface area contributed by atoms with E-state index in [4.69, 9.17) is 4.74 Å². The fourth-order valence-electron chi connectivity index (χ4n) is 3.09. The maximum Gasteiger partial charge on any atom is 0.247 e. The van der Waals surface area contributed by atoms with E-state index in [1.54, 1.807) is 28.9 Å². The molecular weight excluding hydrogens is 396 g/mol. The molecule has 0 aliphatic carbocycles. The van der Waals surface area contributed by atoms with Gasteiger partial charge >= 0.3 is 0 Å². The molecule has 2 N–H and O–H groups in total. The van der Waals surface area contributed by atoms with Crippen LogP contribution in [0.4, 0.5) is 17.2 Å². The molecule has 0 saturated carbocycles. The van der Waals surface area contributed by atoms with Crippen molar-refractivity contribution in [3.8, 4) is 0 Å². The van der Waals surface area contributed by atoms with Gasteiger partial charge in [0.05, 0.1) is 43.2 Å². The van der Waals surface area contributed by atoms with Gasteiger partial charge in [-0.25, -0.2) is 14.6 Å². The van der Waals surface area contributed by atoms with Crippen molar-refractivity contribution in [2.24, 2.45) is 0 Å². The van der Waals surface area contributed by atoms with Gasteiger partial charge < -0.3 is 15.4 Å². The number of benzene rings is 1. The zero-order valence-electron chi connectivity index (χ0n) is 17.0. The van der Waals surface area contributed by atoms with Crippen molar-refractivity contribution in [3.63, 3.8) is 0 Å². The smallest absolute Gasteiger partial charge is 0.247 e. The predicted octanol–water partition coefficient (Wildman–Crippen LogP) is 2.59. The van der Waals surface area contributed by atoms with Gasteiger partial charge in [0, 0.05) is 19.0 Å². The fraction of sp³-hybridized carbons (Fsp3) is 0.190. The molecule has 1 aromatic carbocycles. The van der Waals surface area contributed by atoms with E-state index in [0.717, 1.165) is 16.6 Å². The van der Waals surface area contributed by atoms with E-state index in [9.17, 15) is 4.79 Å². The average molecular weight is 418 g/mol. The molecule has 3 aromatic heterocycles. The maximum atomic E-state index is 11.5. The van der Waals surface area contributed by atoms with E-state index in [2.05, 4.69) is 37.4 Å². The van der Waals surface area contributed by atoms with Crippen molar-refractivity contribution in [2.75, 3.05) is 24.4 Å². The summed E-state index contributed by atoms with van der Waals surface area (Å²) in [6, 6.07) is 7.56. The molecule has 3 heterocycles. The molecule has 4 aromatic rings. The molecule has 0 radical (unpaired) electrons. The van der Waals surface area contributed by atoms with Gasteiger partial charge in [-0.2, -0.15) is 10.2 Å². The summed E-state index contributed by atoms with van der Waals surface area (Å²) in [5.74, 6) is 0.394. The minimum Gasteiger partial charge on any atom is -0.383 e. The molecular formula is C21H22N8O2. The number of amides is 1. The largest absolute Gasteiger partial charge is 0.383 e. The summed E-state index contributed by atoms with van der Waals surface area (Å²) >= 11 is 0. The lowest BCUT2D eigenvalue weighted by atomic mass is 10.2. The van der Waals surface area contributed by atoms with Gasteiger partial charge in [0.1, 0.15) is 12.1 Å². The third kappa shape index (κ3) is 4.75. The van der Waals surface area contributed by atoms with Crippen LogP contribution in [0.2, 0.25) is 0 Å². The first-order valence-electron chi connectivity index (χ1n) is 9.63. The number of aromatic nitrogens is 6. The van der Waals surface area contributed by atoms with Crippen LogP contribution in [-0.2, 0) is 22.6 Å². The van der Waals surface area contributed by atoms with Crippen molar-refractivity contribution < 1.29 is 9.53 Å². The number of fused-ring (bicyclic) bond motifs is 1. The van der Waals surface area contributed by atoms with Gasteiger partial charge in [-0.1, -0.05) is 18.7 Å². The van der Waals surface area contributed by atoms with Crippen molar-refractivity contribution in [1.29, 1.82) is 0 Å². The Bertz CT molecular complexity index is 1210. The highest BCUT2D eigenvalue weighted by Gasteiger charge is 2.11. The van der Waals surface area contributed by atoms with Crippen molar-refractivity contribution in [2.45, 2.75) is 13.1 Å². The van der Waals surface area contributed by atoms with Gasteiger partial charge in [-0.15, -0.1) is 0 Å². The summed E-state index contributed by atoms with van der Waals surface area (Å²) in [7, 11) is 1.66. The molecule has 1 amide bonds. The topological polar surface area (TPSA) is 112 Å². The zero-order valence-corrected chi connectivity index (χ0v) is 17.0. The number of ether oxygens (including phenoxy) is 1. The average Bonchev–Trinajstić information content (AvgIpc) is 3.40. The van der Waals surface area contributed by atoms with E-state index in [0.29, 0.717) is 36.8 Å². The van der Waals surface area contributed by atoms with E-state index >= 15 is 0 Å². The molecule has 31 heavy (non-hydrogen) atoms. The van der Waals surface area contributed by atoms with E-state index in [1.807, 2.05) is 30.5 Å². The van der Waals surface area contributed by atoms with Crippen LogP contribution in [0.1, 0.15) is 5.56 Å². The lowest BCUT2D eigenvalue weighted by Crippen LogP contribution is -2.08. The van der Waals surface area contributed by atoms with Crippen LogP contribution in [0, 0.1) is 0 Å². The minimum absolute atomic E-state index is 0.254. The number of nitrogens with one attached hydrogen (secondary N) is 2. The number of methoxy groups -OCH3 is 1. The molecule has 0 aliphatic heterocycles. The van der Waals surface area contributed by atoms with Crippen molar-refractivity contribution >= 4 is 34.1 Å². The molecule has 0 saturated heterocycles. The molecule has 0 unspecified atom stereocenters. The molecule has 0 fully saturated rings. The highest BCUT2D eigenvalue weighted by atomic mass is 16.5. The van der Waals surface area contributed by atoms with Crippen LogP contribution in [0.3, 0.4) is 0 Å². The first-order valence-corrected chi connectivity index (χ1v) is 9.63. The number of carbonyl (C=O) groups is 1. The summed E-state index contributed by atoms with van der Waals surface area (Å²) in [4.78, 5) is 20.3. The van der Waals surface area contributed by atoms with Gasteiger partial charge in [0.25, 0.3) is 0 Å². The quantitative estimate of drug-likeness (QED) is 0.402. The summed E-state index contributed by atoms with van der Waals surface area (Å²) < 4.78 is 8.66. The van der Waals surface area contributed by atoms with Gasteiger partial charge in [0.15, 0.2) is 5.65 Å². The number of carbonyl (C=O) groups excluding carboxylic acids is 1. The molecule has 0 aliphatic rings. The Hall–Kier alpha value is -4.05. The van der Waals surface area contributed by atoms with E-state index < -0.39 is 0 Å². The van der Waals surface area contributed by atoms with E-state index in [-0.39, 0.29) is 5.91 Å². The summed E-state index contributed by atoms with van der Waals surface area (Å²) in [5.41, 5.74) is 3.18. The number of anilines is 3. The van der Waals surface area contributed by atoms with Crippen molar-refractivity contribution in [3.05, 3.63) is 67.4 Å². The van der Waals surface area contributed by atoms with Crippen molar-refractivity contribution in [1.82, 2.24) is 29.5 Å². The van der Waals surface area contributed by atoms with Gasteiger partial charge in [0.2, 0.25) is 5.91 Å². The zero-order chi connectivity index (χ0) is 21.6. The van der Waals surface area contributed by atoms with Crippen LogP contribution in [0.15, 0.2) is 61.8 Å².